The van der Waals surface area contributed by atoms with Gasteiger partial charge in [-0.25, -0.2) is 0 Å². The molecule has 2 rings (SSSR count). The van der Waals surface area contributed by atoms with Gasteiger partial charge in [0, 0.05) is 18.3 Å². The minimum atomic E-state index is -0.855. The molecule has 2 N–H and O–H groups in total. The minimum absolute atomic E-state index is 0.358. The van der Waals surface area contributed by atoms with E-state index in [-0.39, 0.29) is 6.10 Å². The Morgan fingerprint density at radius 3 is 2.71 bits per heavy atom. The van der Waals surface area contributed by atoms with Gasteiger partial charge < -0.3 is 10.2 Å². The summed E-state index contributed by atoms with van der Waals surface area (Å²) in [6.07, 6.45) is 5.16. The van der Waals surface area contributed by atoms with Crippen LogP contribution < -0.4 is 0 Å². The van der Waals surface area contributed by atoms with Gasteiger partial charge in [-0.1, -0.05) is 0 Å². The molecule has 5 heteroatoms. The zero-order chi connectivity index (χ0) is 12.5. The maximum Gasteiger partial charge on any atom is 0.314 e. The summed E-state index contributed by atoms with van der Waals surface area (Å²) < 4.78 is 1.74. The number of aliphatic hydroxyl groups excluding tert-OH is 1. The zero-order valence-corrected chi connectivity index (χ0v) is 9.96. The highest BCUT2D eigenvalue weighted by Crippen LogP contribution is 2.39. The van der Waals surface area contributed by atoms with E-state index in [0.717, 1.165) is 12.1 Å². The number of carboxylic acid groups (broad SMARTS) is 1. The second kappa shape index (κ2) is 4.49. The molecule has 0 aromatic carbocycles. The maximum absolute atomic E-state index is 11.6. The van der Waals surface area contributed by atoms with Crippen LogP contribution in [0, 0.1) is 0 Å². The predicted molar refractivity (Wildman–Crippen MR) is 61.7 cm³/mol. The van der Waals surface area contributed by atoms with Gasteiger partial charge in [0.25, 0.3) is 0 Å². The van der Waals surface area contributed by atoms with E-state index in [4.69, 9.17) is 0 Å². The third-order valence-electron chi connectivity index (χ3n) is 3.73. The van der Waals surface area contributed by atoms with Crippen LogP contribution in [0.25, 0.3) is 0 Å². The number of rotatable bonds is 3. The van der Waals surface area contributed by atoms with Crippen molar-refractivity contribution in [2.75, 3.05) is 0 Å². The van der Waals surface area contributed by atoms with E-state index in [0.29, 0.717) is 25.7 Å². The van der Waals surface area contributed by atoms with Crippen molar-refractivity contribution >= 4 is 5.97 Å². The first kappa shape index (κ1) is 12.1. The van der Waals surface area contributed by atoms with Gasteiger partial charge in [-0.3, -0.25) is 9.48 Å². The molecule has 94 valence electrons. The lowest BCUT2D eigenvalue weighted by molar-refractivity contribution is -0.146. The number of hydrogen-bond donors (Lipinski definition) is 2. The quantitative estimate of drug-likeness (QED) is 0.828. The van der Waals surface area contributed by atoms with Gasteiger partial charge in [0.05, 0.1) is 17.7 Å². The van der Waals surface area contributed by atoms with Gasteiger partial charge in [0.15, 0.2) is 0 Å². The fraction of sp³-hybridized carbons (Fsp3) is 0.667. The van der Waals surface area contributed by atoms with Gasteiger partial charge in [-0.05, 0) is 32.6 Å². The zero-order valence-electron chi connectivity index (χ0n) is 9.96. The third kappa shape index (κ3) is 2.07. The number of aliphatic carboxylic acids is 1. The van der Waals surface area contributed by atoms with Crippen molar-refractivity contribution in [1.82, 2.24) is 9.78 Å². The van der Waals surface area contributed by atoms with Crippen LogP contribution in [0.3, 0.4) is 0 Å². The first-order valence-corrected chi connectivity index (χ1v) is 6.03. The highest BCUT2D eigenvalue weighted by atomic mass is 16.4. The molecule has 1 saturated carbocycles. The lowest BCUT2D eigenvalue weighted by Crippen LogP contribution is -2.40. The molecule has 5 nitrogen and oxygen atoms in total. The van der Waals surface area contributed by atoms with E-state index in [2.05, 4.69) is 5.10 Å². The predicted octanol–water partition coefficient (Wildman–Crippen LogP) is 1.16. The molecule has 0 saturated heterocycles. The topological polar surface area (TPSA) is 75.4 Å². The summed E-state index contributed by atoms with van der Waals surface area (Å²) in [6.45, 7) is 2.70. The van der Waals surface area contributed by atoms with Crippen LogP contribution in [0.5, 0.6) is 0 Å². The Hall–Kier alpha value is -1.36. The van der Waals surface area contributed by atoms with E-state index in [9.17, 15) is 15.0 Å². The molecule has 0 atom stereocenters. The van der Waals surface area contributed by atoms with Crippen LogP contribution in [-0.4, -0.2) is 32.1 Å². The largest absolute Gasteiger partial charge is 0.481 e. The van der Waals surface area contributed by atoms with Crippen molar-refractivity contribution in [3.05, 3.63) is 18.0 Å². The summed E-state index contributed by atoms with van der Waals surface area (Å²) in [5.74, 6) is -0.806. The van der Waals surface area contributed by atoms with Crippen molar-refractivity contribution in [3.63, 3.8) is 0 Å². The van der Waals surface area contributed by atoms with Gasteiger partial charge in [-0.2, -0.15) is 5.10 Å². The molecule has 0 radical (unpaired) electrons. The van der Waals surface area contributed by atoms with Crippen LogP contribution in [0.15, 0.2) is 12.4 Å². The summed E-state index contributed by atoms with van der Waals surface area (Å²) in [7, 11) is 0. The van der Waals surface area contributed by atoms with Crippen molar-refractivity contribution in [2.45, 2.75) is 50.7 Å². The Morgan fingerprint density at radius 2 is 2.24 bits per heavy atom. The maximum atomic E-state index is 11.6. The molecule has 17 heavy (non-hydrogen) atoms. The molecule has 1 aromatic heterocycles. The lowest BCUT2D eigenvalue weighted by Gasteiger charge is -2.34. The van der Waals surface area contributed by atoms with Crippen LogP contribution in [0.4, 0.5) is 0 Å². The van der Waals surface area contributed by atoms with E-state index < -0.39 is 11.4 Å². The number of nitrogens with zero attached hydrogens (tertiary/aromatic N) is 2. The smallest absolute Gasteiger partial charge is 0.314 e. The lowest BCUT2D eigenvalue weighted by atomic mass is 9.69. The average molecular weight is 238 g/mol. The number of hydrogen-bond acceptors (Lipinski definition) is 3. The first-order valence-electron chi connectivity index (χ1n) is 6.03. The second-order valence-corrected chi connectivity index (χ2v) is 4.70. The molecule has 1 heterocycles. The highest BCUT2D eigenvalue weighted by Gasteiger charge is 2.44. The average Bonchev–Trinajstić information content (AvgIpc) is 2.79. The van der Waals surface area contributed by atoms with E-state index in [1.807, 2.05) is 13.1 Å². The van der Waals surface area contributed by atoms with E-state index in [1.54, 1.807) is 10.9 Å². The fourth-order valence-electron chi connectivity index (χ4n) is 2.51. The third-order valence-corrected chi connectivity index (χ3v) is 3.73. The number of aliphatic hydroxyl groups is 1. The molecule has 0 amide bonds. The molecule has 0 unspecified atom stereocenters. The molecule has 0 aliphatic heterocycles. The Balaban J connectivity index is 2.31. The van der Waals surface area contributed by atoms with Crippen LogP contribution in [0.1, 0.15) is 38.2 Å². The van der Waals surface area contributed by atoms with Gasteiger partial charge in [-0.15, -0.1) is 0 Å². The number of aromatic nitrogens is 2. The standard InChI is InChI=1S/C12H18N2O3/c1-2-14-8-9(7-13-14)12(11(16)17)5-3-10(15)4-6-12/h7-8,10,15H,2-6H2,1H3,(H,16,17). The van der Waals surface area contributed by atoms with Gasteiger partial charge >= 0.3 is 5.97 Å². The van der Waals surface area contributed by atoms with E-state index >= 15 is 0 Å². The summed E-state index contributed by atoms with van der Waals surface area (Å²) >= 11 is 0. The van der Waals surface area contributed by atoms with Gasteiger partial charge in [0.1, 0.15) is 0 Å². The molecule has 1 aliphatic rings. The van der Waals surface area contributed by atoms with Crippen molar-refractivity contribution in [3.8, 4) is 0 Å². The summed E-state index contributed by atoms with van der Waals surface area (Å²) in [4.78, 5) is 11.6. The van der Waals surface area contributed by atoms with Crippen LogP contribution >= 0.6 is 0 Å². The fourth-order valence-corrected chi connectivity index (χ4v) is 2.51. The first-order chi connectivity index (χ1) is 8.08. The second-order valence-electron chi connectivity index (χ2n) is 4.70. The Labute approximate surface area is 100 Å². The summed E-state index contributed by atoms with van der Waals surface area (Å²) in [5.41, 5.74) is -0.0918. The number of carboxylic acids is 1. The molecular formula is C12H18N2O3. The molecule has 1 aromatic rings. The van der Waals surface area contributed by atoms with Crippen molar-refractivity contribution in [2.24, 2.45) is 0 Å². The number of aryl methyl sites for hydroxylation is 1. The molecule has 0 bridgehead atoms. The monoisotopic (exact) mass is 238 g/mol. The summed E-state index contributed by atoms with van der Waals surface area (Å²) in [6, 6.07) is 0. The minimum Gasteiger partial charge on any atom is -0.481 e. The van der Waals surface area contributed by atoms with Crippen LogP contribution in [-0.2, 0) is 16.8 Å². The Bertz CT molecular complexity index is 406. The van der Waals surface area contributed by atoms with Gasteiger partial charge in [0.2, 0.25) is 0 Å². The molecule has 1 aliphatic carbocycles. The van der Waals surface area contributed by atoms with E-state index in [1.165, 1.54) is 0 Å². The normalized spacial score (nSPS) is 29.2. The Morgan fingerprint density at radius 1 is 1.59 bits per heavy atom. The highest BCUT2D eigenvalue weighted by molar-refractivity contribution is 5.81. The molecule has 1 fully saturated rings. The molecule has 0 spiro atoms. The Kier molecular flexibility index (Phi) is 3.19. The SMILES string of the molecule is CCn1cc(C2(C(=O)O)CCC(O)CC2)cn1. The summed E-state index contributed by atoms with van der Waals surface area (Å²) in [5, 5.41) is 23.1. The van der Waals surface area contributed by atoms with Crippen molar-refractivity contribution < 1.29 is 15.0 Å². The van der Waals surface area contributed by atoms with Crippen LogP contribution in [0.2, 0.25) is 0 Å². The number of carbonyl (C=O) groups is 1. The molecular weight excluding hydrogens is 220 g/mol. The van der Waals surface area contributed by atoms with Crippen molar-refractivity contribution in [1.29, 1.82) is 0 Å².